The van der Waals surface area contributed by atoms with Crippen molar-refractivity contribution in [3.63, 3.8) is 0 Å². The molecule has 30 heavy (non-hydrogen) atoms. The third-order valence-corrected chi connectivity index (χ3v) is 6.59. The highest BCUT2D eigenvalue weighted by Gasteiger charge is 2.24. The van der Waals surface area contributed by atoms with Gasteiger partial charge in [0.25, 0.3) is 0 Å². The van der Waals surface area contributed by atoms with Gasteiger partial charge in [0.1, 0.15) is 0 Å². The first-order valence-corrected chi connectivity index (χ1v) is 11.2. The van der Waals surface area contributed by atoms with Crippen molar-refractivity contribution in [1.82, 2.24) is 4.72 Å². The molecule has 6 heteroatoms. The molecule has 3 rings (SSSR count). The van der Waals surface area contributed by atoms with Crippen LogP contribution in [0.15, 0.2) is 77.7 Å². The number of aryl methyl sites for hydroxylation is 2. The molecule has 1 amide bonds. The number of amides is 1. The molecule has 0 unspecified atom stereocenters. The second kappa shape index (κ2) is 9.24. The lowest BCUT2D eigenvalue weighted by atomic mass is 10.0. The van der Waals surface area contributed by atoms with E-state index < -0.39 is 16.1 Å². The Balaban J connectivity index is 1.83. The van der Waals surface area contributed by atoms with E-state index in [0.717, 1.165) is 27.9 Å². The van der Waals surface area contributed by atoms with Crippen LogP contribution in [-0.2, 0) is 14.8 Å². The molecule has 1 atom stereocenters. The summed E-state index contributed by atoms with van der Waals surface area (Å²) in [6.45, 7) is 5.82. The molecule has 0 saturated heterocycles. The Kier molecular flexibility index (Phi) is 6.70. The smallest absolute Gasteiger partial charge is 0.241 e. The van der Waals surface area contributed by atoms with Crippen LogP contribution in [0.3, 0.4) is 0 Å². The van der Waals surface area contributed by atoms with E-state index >= 15 is 0 Å². The van der Waals surface area contributed by atoms with Crippen LogP contribution in [0, 0.1) is 20.8 Å². The lowest BCUT2D eigenvalue weighted by Gasteiger charge is -2.20. The molecular weight excluding hydrogens is 396 g/mol. The van der Waals surface area contributed by atoms with Gasteiger partial charge in [-0.2, -0.15) is 0 Å². The lowest BCUT2D eigenvalue weighted by molar-refractivity contribution is -0.116. The van der Waals surface area contributed by atoms with Gasteiger partial charge in [-0.1, -0.05) is 60.2 Å². The summed E-state index contributed by atoms with van der Waals surface area (Å²) in [6.07, 6.45) is -0.0253. The molecule has 0 bridgehead atoms. The second-order valence-corrected chi connectivity index (χ2v) is 9.11. The molecule has 0 aliphatic carbocycles. The van der Waals surface area contributed by atoms with Crippen LogP contribution in [0.4, 0.5) is 5.69 Å². The second-order valence-electron chi connectivity index (χ2n) is 7.40. The lowest BCUT2D eigenvalue weighted by Crippen LogP contribution is -2.31. The minimum Gasteiger partial charge on any atom is -0.326 e. The van der Waals surface area contributed by atoms with Gasteiger partial charge in [-0.15, -0.1) is 0 Å². The Morgan fingerprint density at radius 3 is 2.20 bits per heavy atom. The molecule has 0 spiro atoms. The van der Waals surface area contributed by atoms with E-state index in [0.29, 0.717) is 0 Å². The van der Waals surface area contributed by atoms with Crippen molar-refractivity contribution >= 4 is 21.6 Å². The normalized spacial score (nSPS) is 12.4. The molecule has 0 radical (unpaired) electrons. The zero-order chi connectivity index (χ0) is 21.7. The molecular formula is C24H26N2O3S. The highest BCUT2D eigenvalue weighted by molar-refractivity contribution is 7.89. The van der Waals surface area contributed by atoms with Gasteiger partial charge in [-0.25, -0.2) is 13.1 Å². The maximum Gasteiger partial charge on any atom is 0.241 e. The maximum atomic E-state index is 12.9. The van der Waals surface area contributed by atoms with E-state index in [1.54, 1.807) is 24.3 Å². The number of hydrogen-bond donors (Lipinski definition) is 2. The largest absolute Gasteiger partial charge is 0.326 e. The van der Waals surface area contributed by atoms with Crippen LogP contribution in [0.25, 0.3) is 0 Å². The van der Waals surface area contributed by atoms with Gasteiger partial charge in [0.15, 0.2) is 0 Å². The zero-order valence-electron chi connectivity index (χ0n) is 17.3. The third-order valence-electron chi connectivity index (χ3n) is 5.10. The van der Waals surface area contributed by atoms with E-state index in [1.165, 1.54) is 0 Å². The molecule has 3 aromatic carbocycles. The topological polar surface area (TPSA) is 75.3 Å². The Morgan fingerprint density at radius 1 is 0.867 bits per heavy atom. The first kappa shape index (κ1) is 21.7. The molecule has 0 fully saturated rings. The highest BCUT2D eigenvalue weighted by atomic mass is 32.2. The van der Waals surface area contributed by atoms with Crippen molar-refractivity contribution in [2.45, 2.75) is 38.1 Å². The summed E-state index contributed by atoms with van der Waals surface area (Å²) in [6, 6.07) is 20.8. The van der Waals surface area contributed by atoms with Gasteiger partial charge >= 0.3 is 0 Å². The van der Waals surface area contributed by atoms with Crippen LogP contribution in [0.5, 0.6) is 0 Å². The predicted molar refractivity (Wildman–Crippen MR) is 120 cm³/mol. The van der Waals surface area contributed by atoms with Gasteiger partial charge in [0.05, 0.1) is 10.9 Å². The van der Waals surface area contributed by atoms with Crippen molar-refractivity contribution in [2.24, 2.45) is 0 Å². The number of carbonyl (C=O) groups is 1. The van der Waals surface area contributed by atoms with Crippen molar-refractivity contribution in [1.29, 1.82) is 0 Å². The van der Waals surface area contributed by atoms with E-state index in [9.17, 15) is 13.2 Å². The molecule has 0 heterocycles. The van der Waals surface area contributed by atoms with E-state index in [2.05, 4.69) is 10.0 Å². The van der Waals surface area contributed by atoms with Crippen molar-refractivity contribution in [3.8, 4) is 0 Å². The summed E-state index contributed by atoms with van der Waals surface area (Å²) in [5.74, 6) is -0.260. The van der Waals surface area contributed by atoms with Crippen LogP contribution >= 0.6 is 0 Å². The van der Waals surface area contributed by atoms with Gasteiger partial charge in [0, 0.05) is 12.1 Å². The standard InChI is InChI=1S/C24H26N2O3S/c1-17-12-14-21(15-13-17)30(28,29)26-23(20-9-5-4-6-10-20)16-24(27)25-22-11-7-8-18(2)19(22)3/h4-15,23,26H,16H2,1-3H3,(H,25,27)/t23-/m0/s1. The van der Waals surface area contributed by atoms with Crippen molar-refractivity contribution < 1.29 is 13.2 Å². The summed E-state index contributed by atoms with van der Waals surface area (Å²) in [5, 5.41) is 2.91. The number of nitrogens with one attached hydrogen (secondary N) is 2. The Morgan fingerprint density at radius 2 is 1.53 bits per heavy atom. The first-order valence-electron chi connectivity index (χ1n) is 9.76. The molecule has 2 N–H and O–H groups in total. The average Bonchev–Trinajstić information content (AvgIpc) is 2.72. The molecule has 0 saturated carbocycles. The van der Waals surface area contributed by atoms with Gasteiger partial charge in [-0.05, 0) is 55.7 Å². The van der Waals surface area contributed by atoms with Crippen LogP contribution in [0.2, 0.25) is 0 Å². The fourth-order valence-corrected chi connectivity index (χ4v) is 4.38. The molecule has 156 valence electrons. The summed E-state index contributed by atoms with van der Waals surface area (Å²) >= 11 is 0. The summed E-state index contributed by atoms with van der Waals surface area (Å²) in [4.78, 5) is 13.0. The molecule has 0 aromatic heterocycles. The minimum absolute atomic E-state index is 0.0253. The van der Waals surface area contributed by atoms with Crippen LogP contribution in [-0.4, -0.2) is 14.3 Å². The fourth-order valence-electron chi connectivity index (χ4n) is 3.16. The number of hydrogen-bond acceptors (Lipinski definition) is 3. The molecule has 0 aliphatic rings. The number of rotatable bonds is 7. The van der Waals surface area contributed by atoms with E-state index in [-0.39, 0.29) is 17.2 Å². The van der Waals surface area contributed by atoms with Crippen molar-refractivity contribution in [2.75, 3.05) is 5.32 Å². The SMILES string of the molecule is Cc1ccc(S(=O)(=O)N[C@@H](CC(=O)Nc2cccc(C)c2C)c2ccccc2)cc1. The number of anilines is 1. The maximum absolute atomic E-state index is 12.9. The van der Waals surface area contributed by atoms with Crippen molar-refractivity contribution in [3.05, 3.63) is 95.1 Å². The molecule has 3 aromatic rings. The van der Waals surface area contributed by atoms with Gasteiger partial charge in [0.2, 0.25) is 15.9 Å². The van der Waals surface area contributed by atoms with Crippen LogP contribution in [0.1, 0.15) is 34.7 Å². The van der Waals surface area contributed by atoms with E-state index in [4.69, 9.17) is 0 Å². The minimum atomic E-state index is -3.79. The van der Waals surface area contributed by atoms with Gasteiger partial charge < -0.3 is 5.32 Å². The summed E-state index contributed by atoms with van der Waals surface area (Å²) in [5.41, 5.74) is 4.49. The van der Waals surface area contributed by atoms with Crippen LogP contribution < -0.4 is 10.0 Å². The average molecular weight is 423 g/mol. The summed E-state index contributed by atoms with van der Waals surface area (Å²) < 4.78 is 28.5. The highest BCUT2D eigenvalue weighted by Crippen LogP contribution is 2.23. The third kappa shape index (κ3) is 5.34. The predicted octanol–water partition coefficient (Wildman–Crippen LogP) is 4.66. The Bertz CT molecular complexity index is 1120. The van der Waals surface area contributed by atoms with Gasteiger partial charge in [-0.3, -0.25) is 4.79 Å². The number of sulfonamides is 1. The zero-order valence-corrected chi connectivity index (χ0v) is 18.2. The molecule has 5 nitrogen and oxygen atoms in total. The number of carbonyl (C=O) groups excluding carboxylic acids is 1. The first-order chi connectivity index (χ1) is 14.3. The quantitative estimate of drug-likeness (QED) is 0.581. The van der Waals surface area contributed by atoms with E-state index in [1.807, 2.05) is 69.3 Å². The Hall–Kier alpha value is -2.96. The summed E-state index contributed by atoms with van der Waals surface area (Å²) in [7, 11) is -3.79. The fraction of sp³-hybridized carbons (Fsp3) is 0.208. The Labute approximate surface area is 178 Å². The number of benzene rings is 3. The molecule has 0 aliphatic heterocycles. The monoisotopic (exact) mass is 422 g/mol.